The second kappa shape index (κ2) is 6.89. The molecule has 0 fully saturated rings. The molecular formula is C12H16ClF2NO. The molecule has 0 amide bonds. The van der Waals surface area contributed by atoms with Crippen molar-refractivity contribution in [3.63, 3.8) is 0 Å². The first-order chi connectivity index (χ1) is 7.99. The number of nitrogens with one attached hydrogen (secondary N) is 1. The summed E-state index contributed by atoms with van der Waals surface area (Å²) in [6.45, 7) is 1.78. The third-order valence-corrected chi connectivity index (χ3v) is 2.67. The van der Waals surface area contributed by atoms with Crippen LogP contribution in [0.4, 0.5) is 8.78 Å². The van der Waals surface area contributed by atoms with Gasteiger partial charge in [-0.2, -0.15) is 0 Å². The summed E-state index contributed by atoms with van der Waals surface area (Å²) >= 11 is 5.75. The zero-order chi connectivity index (χ0) is 12.8. The topological polar surface area (TPSA) is 32.3 Å². The van der Waals surface area contributed by atoms with E-state index < -0.39 is 12.5 Å². The zero-order valence-electron chi connectivity index (χ0n) is 9.54. The third-order valence-electron chi connectivity index (χ3n) is 2.42. The van der Waals surface area contributed by atoms with Crippen LogP contribution in [-0.2, 0) is 6.42 Å². The Morgan fingerprint density at radius 2 is 1.88 bits per heavy atom. The monoisotopic (exact) mass is 263 g/mol. The molecule has 1 aromatic rings. The largest absolute Gasteiger partial charge is 0.386 e. The molecule has 1 aromatic carbocycles. The van der Waals surface area contributed by atoms with Crippen molar-refractivity contribution in [3.05, 3.63) is 34.9 Å². The maximum Gasteiger partial charge on any atom is 0.265 e. The minimum atomic E-state index is -2.70. The Bertz CT molecular complexity index is 332. The molecule has 1 rings (SSSR count). The molecular weight excluding hydrogens is 248 g/mol. The minimum Gasteiger partial charge on any atom is -0.386 e. The Hall–Kier alpha value is -0.710. The summed E-state index contributed by atoms with van der Waals surface area (Å²) in [5, 5.41) is 12.5. The van der Waals surface area contributed by atoms with Crippen molar-refractivity contribution in [1.82, 2.24) is 5.32 Å². The highest BCUT2D eigenvalue weighted by molar-refractivity contribution is 6.30. The van der Waals surface area contributed by atoms with Gasteiger partial charge in [0.2, 0.25) is 0 Å². The second-order valence-electron chi connectivity index (χ2n) is 4.04. The highest BCUT2D eigenvalue weighted by atomic mass is 35.5. The average molecular weight is 264 g/mol. The van der Waals surface area contributed by atoms with Gasteiger partial charge < -0.3 is 10.4 Å². The summed E-state index contributed by atoms with van der Waals surface area (Å²) in [5.74, 6) is 0. The van der Waals surface area contributed by atoms with E-state index in [-0.39, 0.29) is 12.6 Å². The smallest absolute Gasteiger partial charge is 0.265 e. The van der Waals surface area contributed by atoms with Gasteiger partial charge in [0.15, 0.2) is 0 Å². The zero-order valence-corrected chi connectivity index (χ0v) is 10.3. The second-order valence-corrected chi connectivity index (χ2v) is 4.48. The lowest BCUT2D eigenvalue weighted by atomic mass is 10.1. The molecule has 0 saturated carbocycles. The SMILES string of the molecule is CC(Cc1ccc(Cl)cc1)NCC(O)C(F)F. The molecule has 2 atom stereocenters. The van der Waals surface area contributed by atoms with Gasteiger partial charge in [0.05, 0.1) is 0 Å². The van der Waals surface area contributed by atoms with Crippen molar-refractivity contribution in [1.29, 1.82) is 0 Å². The Labute approximate surface area is 105 Å². The summed E-state index contributed by atoms with van der Waals surface area (Å²) in [5.41, 5.74) is 1.07. The van der Waals surface area contributed by atoms with Crippen molar-refractivity contribution in [2.45, 2.75) is 31.9 Å². The summed E-state index contributed by atoms with van der Waals surface area (Å²) < 4.78 is 24.1. The molecule has 0 bridgehead atoms. The highest BCUT2D eigenvalue weighted by Crippen LogP contribution is 2.11. The molecule has 0 aliphatic rings. The number of aliphatic hydroxyl groups excluding tert-OH is 1. The molecule has 2 N–H and O–H groups in total. The van der Waals surface area contributed by atoms with E-state index in [1.54, 1.807) is 12.1 Å². The quantitative estimate of drug-likeness (QED) is 0.827. The van der Waals surface area contributed by atoms with Gasteiger partial charge in [-0.15, -0.1) is 0 Å². The van der Waals surface area contributed by atoms with Crippen molar-refractivity contribution >= 4 is 11.6 Å². The number of hydrogen-bond acceptors (Lipinski definition) is 2. The van der Waals surface area contributed by atoms with Crippen molar-refractivity contribution in [2.24, 2.45) is 0 Å². The fourth-order valence-corrected chi connectivity index (χ4v) is 1.58. The van der Waals surface area contributed by atoms with E-state index in [0.29, 0.717) is 11.4 Å². The molecule has 0 aromatic heterocycles. The van der Waals surface area contributed by atoms with Gasteiger partial charge in [-0.05, 0) is 31.0 Å². The van der Waals surface area contributed by atoms with Gasteiger partial charge in [-0.3, -0.25) is 0 Å². The molecule has 0 aliphatic heterocycles. The number of hydrogen-bond donors (Lipinski definition) is 2. The van der Waals surface area contributed by atoms with E-state index in [1.165, 1.54) is 0 Å². The molecule has 0 radical (unpaired) electrons. The molecule has 0 saturated heterocycles. The van der Waals surface area contributed by atoms with Crippen molar-refractivity contribution in [3.8, 4) is 0 Å². The van der Waals surface area contributed by atoms with Crippen LogP contribution in [0.5, 0.6) is 0 Å². The van der Waals surface area contributed by atoms with E-state index in [2.05, 4.69) is 5.32 Å². The van der Waals surface area contributed by atoms with Crippen LogP contribution in [0.3, 0.4) is 0 Å². The van der Waals surface area contributed by atoms with Gasteiger partial charge >= 0.3 is 0 Å². The van der Waals surface area contributed by atoms with E-state index in [9.17, 15) is 8.78 Å². The number of rotatable bonds is 6. The first-order valence-corrected chi connectivity index (χ1v) is 5.81. The van der Waals surface area contributed by atoms with E-state index in [1.807, 2.05) is 19.1 Å². The lowest BCUT2D eigenvalue weighted by molar-refractivity contribution is -0.00434. The summed E-state index contributed by atoms with van der Waals surface area (Å²) in [6.07, 6.45) is -3.61. The van der Waals surface area contributed by atoms with Crippen LogP contribution < -0.4 is 5.32 Å². The molecule has 0 spiro atoms. The third kappa shape index (κ3) is 5.44. The predicted octanol–water partition coefficient (Wildman–Crippen LogP) is 2.49. The highest BCUT2D eigenvalue weighted by Gasteiger charge is 2.17. The first kappa shape index (κ1) is 14.4. The number of alkyl halides is 2. The summed E-state index contributed by atoms with van der Waals surface area (Å²) in [7, 11) is 0. The van der Waals surface area contributed by atoms with E-state index >= 15 is 0 Å². The predicted molar refractivity (Wildman–Crippen MR) is 64.6 cm³/mol. The van der Waals surface area contributed by atoms with E-state index in [4.69, 9.17) is 16.7 Å². The summed E-state index contributed by atoms with van der Waals surface area (Å²) in [6, 6.07) is 7.38. The number of benzene rings is 1. The standard InChI is InChI=1S/C12H16ClF2NO/c1-8(16-7-11(17)12(14)15)6-9-2-4-10(13)5-3-9/h2-5,8,11-12,16-17H,6-7H2,1H3. The van der Waals surface area contributed by atoms with Crippen LogP contribution in [0.15, 0.2) is 24.3 Å². The van der Waals surface area contributed by atoms with Crippen LogP contribution in [0.2, 0.25) is 5.02 Å². The Kier molecular flexibility index (Phi) is 5.82. The minimum absolute atomic E-state index is 0.0181. The van der Waals surface area contributed by atoms with Crippen molar-refractivity contribution < 1.29 is 13.9 Å². The maximum atomic E-state index is 12.0. The van der Waals surface area contributed by atoms with Crippen molar-refractivity contribution in [2.75, 3.05) is 6.54 Å². The molecule has 2 nitrogen and oxygen atoms in total. The molecule has 0 aliphatic carbocycles. The molecule has 2 unspecified atom stereocenters. The average Bonchev–Trinajstić information content (AvgIpc) is 2.29. The first-order valence-electron chi connectivity index (χ1n) is 5.43. The maximum absolute atomic E-state index is 12.0. The Balaban J connectivity index is 2.34. The molecule has 5 heteroatoms. The molecule has 17 heavy (non-hydrogen) atoms. The fraction of sp³-hybridized carbons (Fsp3) is 0.500. The van der Waals surface area contributed by atoms with Gasteiger partial charge in [0, 0.05) is 17.6 Å². The van der Waals surface area contributed by atoms with Gasteiger partial charge in [-0.1, -0.05) is 23.7 Å². The van der Waals surface area contributed by atoms with Crippen LogP contribution in [0.1, 0.15) is 12.5 Å². The fourth-order valence-electron chi connectivity index (χ4n) is 1.46. The van der Waals surface area contributed by atoms with Crippen LogP contribution in [0, 0.1) is 0 Å². The van der Waals surface area contributed by atoms with Crippen LogP contribution >= 0.6 is 11.6 Å². The van der Waals surface area contributed by atoms with Gasteiger partial charge in [0.1, 0.15) is 6.10 Å². The molecule has 0 heterocycles. The Morgan fingerprint density at radius 3 is 2.41 bits per heavy atom. The number of aliphatic hydroxyl groups is 1. The summed E-state index contributed by atoms with van der Waals surface area (Å²) in [4.78, 5) is 0. The number of halogens is 3. The van der Waals surface area contributed by atoms with Gasteiger partial charge in [0.25, 0.3) is 6.43 Å². The normalized spacial score (nSPS) is 14.9. The Morgan fingerprint density at radius 1 is 1.29 bits per heavy atom. The lowest BCUT2D eigenvalue weighted by Gasteiger charge is -2.16. The molecule has 96 valence electrons. The van der Waals surface area contributed by atoms with Crippen LogP contribution in [-0.4, -0.2) is 30.2 Å². The van der Waals surface area contributed by atoms with Gasteiger partial charge in [-0.25, -0.2) is 8.78 Å². The lowest BCUT2D eigenvalue weighted by Crippen LogP contribution is -2.38. The van der Waals surface area contributed by atoms with Crippen LogP contribution in [0.25, 0.3) is 0 Å². The van der Waals surface area contributed by atoms with E-state index in [0.717, 1.165) is 5.56 Å².